The van der Waals surface area contributed by atoms with Gasteiger partial charge < -0.3 is 15.7 Å². The number of halogens is 1. The monoisotopic (exact) mass is 327 g/mol. The molecule has 0 saturated carbocycles. The number of nitrogens with zero attached hydrogens (tertiary/aromatic N) is 1. The van der Waals surface area contributed by atoms with E-state index in [1.165, 1.54) is 11.1 Å². The minimum Gasteiger partial charge on any atom is -0.508 e. The highest BCUT2D eigenvalue weighted by molar-refractivity contribution is 5.85. The molecule has 4 nitrogen and oxygen atoms in total. The van der Waals surface area contributed by atoms with E-state index in [9.17, 15) is 5.11 Å². The first-order chi connectivity index (χ1) is 10.8. The fourth-order valence-electron chi connectivity index (χ4n) is 3.02. The molecule has 0 aromatic heterocycles. The lowest BCUT2D eigenvalue weighted by Gasteiger charge is -2.23. The van der Waals surface area contributed by atoms with Crippen LogP contribution in [0.15, 0.2) is 47.5 Å². The van der Waals surface area contributed by atoms with Gasteiger partial charge in [0.05, 0.1) is 12.6 Å². The van der Waals surface area contributed by atoms with Gasteiger partial charge >= 0.3 is 0 Å². The number of rotatable bonds is 1. The third-order valence-corrected chi connectivity index (χ3v) is 4.09. The summed E-state index contributed by atoms with van der Waals surface area (Å²) in [5.74, 6) is 1.09. The van der Waals surface area contributed by atoms with E-state index in [-0.39, 0.29) is 24.2 Å². The number of benzene rings is 2. The lowest BCUT2D eigenvalue weighted by molar-refractivity contribution is 0.474. The summed E-state index contributed by atoms with van der Waals surface area (Å²) in [4.78, 5) is 4.44. The zero-order valence-corrected chi connectivity index (χ0v) is 13.3. The highest BCUT2D eigenvalue weighted by Crippen LogP contribution is 2.34. The summed E-state index contributed by atoms with van der Waals surface area (Å²) in [6.07, 6.45) is 4.22. The summed E-state index contributed by atoms with van der Waals surface area (Å²) in [5.41, 5.74) is 4.51. The van der Waals surface area contributed by atoms with Gasteiger partial charge in [-0.15, -0.1) is 12.4 Å². The molecule has 1 atom stereocenters. The Morgan fingerprint density at radius 2 is 1.83 bits per heavy atom. The number of hydrogen-bond donors (Lipinski definition) is 3. The van der Waals surface area contributed by atoms with Gasteiger partial charge in [-0.25, -0.2) is 0 Å². The Bertz CT molecular complexity index is 786. The second-order valence-corrected chi connectivity index (χ2v) is 5.51. The van der Waals surface area contributed by atoms with Gasteiger partial charge in [-0.1, -0.05) is 42.5 Å². The van der Waals surface area contributed by atoms with Gasteiger partial charge in [0.25, 0.3) is 0 Å². The van der Waals surface area contributed by atoms with Gasteiger partial charge in [-0.2, -0.15) is 0 Å². The number of fused-ring (bicyclic) bond motifs is 2. The van der Waals surface area contributed by atoms with E-state index in [0.29, 0.717) is 0 Å². The predicted molar refractivity (Wildman–Crippen MR) is 96.0 cm³/mol. The molecule has 2 aromatic carbocycles. The van der Waals surface area contributed by atoms with E-state index in [2.05, 4.69) is 39.9 Å². The molecule has 5 heteroatoms. The minimum absolute atomic E-state index is 0. The normalized spacial score (nSPS) is 17.9. The first-order valence-corrected chi connectivity index (χ1v) is 7.46. The number of aromatic hydroxyl groups is 1. The van der Waals surface area contributed by atoms with Gasteiger partial charge in [0.1, 0.15) is 5.75 Å². The molecular weight excluding hydrogens is 310 g/mol. The fraction of sp³-hybridized carbons (Fsp3) is 0.167. The lowest BCUT2D eigenvalue weighted by atomic mass is 9.94. The molecule has 2 aliphatic rings. The van der Waals surface area contributed by atoms with Crippen molar-refractivity contribution in [2.45, 2.75) is 6.04 Å². The van der Waals surface area contributed by atoms with Crippen LogP contribution in [0.3, 0.4) is 0 Å². The van der Waals surface area contributed by atoms with Crippen molar-refractivity contribution in [3.63, 3.8) is 0 Å². The summed E-state index contributed by atoms with van der Waals surface area (Å²) in [6, 6.07) is 13.8. The molecular formula is C18H18ClN3O. The molecule has 1 heterocycles. The number of phenols is 1. The average molecular weight is 328 g/mol. The largest absolute Gasteiger partial charge is 0.508 e. The molecule has 0 fully saturated rings. The zero-order chi connectivity index (χ0) is 14.9. The first kappa shape index (κ1) is 15.4. The third-order valence-electron chi connectivity index (χ3n) is 4.09. The van der Waals surface area contributed by atoms with Crippen molar-refractivity contribution in [1.82, 2.24) is 10.6 Å². The van der Waals surface area contributed by atoms with Crippen molar-refractivity contribution in [2.75, 3.05) is 13.1 Å². The summed E-state index contributed by atoms with van der Waals surface area (Å²) < 4.78 is 0. The number of phenolic OH excluding ortho intramolecular Hbond substituents is 1. The maximum absolute atomic E-state index is 9.91. The van der Waals surface area contributed by atoms with Crippen molar-refractivity contribution in [3.05, 3.63) is 64.7 Å². The molecule has 1 unspecified atom stereocenters. The molecule has 0 spiro atoms. The molecule has 3 N–H and O–H groups in total. The molecule has 23 heavy (non-hydrogen) atoms. The van der Waals surface area contributed by atoms with Crippen LogP contribution in [-0.4, -0.2) is 24.2 Å². The fourth-order valence-corrected chi connectivity index (χ4v) is 3.02. The molecule has 0 saturated heterocycles. The predicted octanol–water partition coefficient (Wildman–Crippen LogP) is 2.94. The van der Waals surface area contributed by atoms with Gasteiger partial charge in [-0.3, -0.25) is 4.99 Å². The van der Waals surface area contributed by atoms with Gasteiger partial charge in [-0.05, 0) is 34.4 Å². The zero-order valence-electron chi connectivity index (χ0n) is 12.5. The van der Waals surface area contributed by atoms with Crippen molar-refractivity contribution < 1.29 is 5.11 Å². The second-order valence-electron chi connectivity index (χ2n) is 5.51. The molecule has 0 radical (unpaired) electrons. The van der Waals surface area contributed by atoms with Gasteiger partial charge in [0.15, 0.2) is 5.96 Å². The topological polar surface area (TPSA) is 56.6 Å². The summed E-state index contributed by atoms with van der Waals surface area (Å²) in [6.45, 7) is 1.66. The molecule has 4 rings (SSSR count). The molecule has 0 bridgehead atoms. The van der Waals surface area contributed by atoms with Crippen LogP contribution in [0.5, 0.6) is 5.75 Å². The molecule has 1 aliphatic carbocycles. The molecule has 0 amide bonds. The van der Waals surface area contributed by atoms with Crippen LogP contribution in [0, 0.1) is 0 Å². The Morgan fingerprint density at radius 1 is 1.04 bits per heavy atom. The Kier molecular flexibility index (Phi) is 4.26. The Hall–Kier alpha value is -2.46. The number of aliphatic imine (C=N–C) groups is 1. The van der Waals surface area contributed by atoms with E-state index in [1.807, 2.05) is 24.3 Å². The standard InChI is InChI=1S/C18H17N3O.ClH/c22-14-8-7-13-6-5-12-3-1-2-4-15(12)17(16(13)11-14)21-18-19-9-10-20-18;/h1-8,11,17,22H,9-10H2,(H2,19,20,21);1H. The average Bonchev–Trinajstić information content (AvgIpc) is 3.00. The highest BCUT2D eigenvalue weighted by atomic mass is 35.5. The summed E-state index contributed by atoms with van der Waals surface area (Å²) >= 11 is 0. The lowest BCUT2D eigenvalue weighted by Crippen LogP contribution is -2.37. The van der Waals surface area contributed by atoms with E-state index < -0.39 is 0 Å². The van der Waals surface area contributed by atoms with Crippen molar-refractivity contribution in [3.8, 4) is 5.75 Å². The van der Waals surface area contributed by atoms with Crippen LogP contribution in [-0.2, 0) is 0 Å². The smallest absolute Gasteiger partial charge is 0.192 e. The quantitative estimate of drug-likeness (QED) is 0.755. The Labute approximate surface area is 141 Å². The SMILES string of the molecule is Cl.Oc1ccc2c(c1)C(NC1=NCCN1)c1ccccc1C=C2. The Balaban J connectivity index is 0.00000156. The van der Waals surface area contributed by atoms with Crippen molar-refractivity contribution >= 4 is 30.5 Å². The molecule has 118 valence electrons. The first-order valence-electron chi connectivity index (χ1n) is 7.46. The van der Waals surface area contributed by atoms with Gasteiger partial charge in [0.2, 0.25) is 0 Å². The minimum atomic E-state index is -0.0438. The van der Waals surface area contributed by atoms with Crippen molar-refractivity contribution in [1.29, 1.82) is 0 Å². The van der Waals surface area contributed by atoms with Crippen molar-refractivity contribution in [2.24, 2.45) is 4.99 Å². The van der Waals surface area contributed by atoms with E-state index in [4.69, 9.17) is 0 Å². The van der Waals surface area contributed by atoms with Crippen LogP contribution < -0.4 is 10.6 Å². The molecule has 1 aliphatic heterocycles. The van der Waals surface area contributed by atoms with Gasteiger partial charge in [0, 0.05) is 6.54 Å². The maximum atomic E-state index is 9.91. The number of guanidine groups is 1. The third kappa shape index (κ3) is 2.90. The summed E-state index contributed by atoms with van der Waals surface area (Å²) in [7, 11) is 0. The summed E-state index contributed by atoms with van der Waals surface area (Å²) in [5, 5.41) is 16.7. The molecule has 2 aromatic rings. The van der Waals surface area contributed by atoms with Crippen LogP contribution in [0.1, 0.15) is 28.3 Å². The number of hydrogen-bond acceptors (Lipinski definition) is 4. The van der Waals surface area contributed by atoms with Crippen LogP contribution in [0.25, 0.3) is 12.2 Å². The second kappa shape index (κ2) is 6.34. The van der Waals surface area contributed by atoms with Crippen LogP contribution >= 0.6 is 12.4 Å². The van der Waals surface area contributed by atoms with Crippen LogP contribution in [0.2, 0.25) is 0 Å². The maximum Gasteiger partial charge on any atom is 0.192 e. The van der Waals surface area contributed by atoms with E-state index in [0.717, 1.165) is 30.2 Å². The number of nitrogens with one attached hydrogen (secondary N) is 2. The van der Waals surface area contributed by atoms with Crippen LogP contribution in [0.4, 0.5) is 0 Å². The van der Waals surface area contributed by atoms with E-state index in [1.54, 1.807) is 6.07 Å². The Morgan fingerprint density at radius 3 is 2.61 bits per heavy atom. The van der Waals surface area contributed by atoms with E-state index >= 15 is 0 Å². The highest BCUT2D eigenvalue weighted by Gasteiger charge is 2.23.